The number of carbonyl (C=O) groups excluding carboxylic acids is 1. The maximum Gasteiger partial charge on any atom is 0.277 e. The van der Waals surface area contributed by atoms with Crippen LogP contribution in [0.4, 0.5) is 10.1 Å². The van der Waals surface area contributed by atoms with Gasteiger partial charge in [0.1, 0.15) is 11.6 Å². The van der Waals surface area contributed by atoms with Crippen molar-refractivity contribution in [3.05, 3.63) is 54.3 Å². The minimum atomic E-state index is -0.463. The summed E-state index contributed by atoms with van der Waals surface area (Å²) < 4.78 is 19.0. The average molecular weight is 345 g/mol. The van der Waals surface area contributed by atoms with Gasteiger partial charge in [0.25, 0.3) is 11.1 Å². The molecule has 3 aromatic rings. The Hall–Kier alpha value is -2.87. The van der Waals surface area contributed by atoms with E-state index in [-0.39, 0.29) is 34.1 Å². The Bertz CT molecular complexity index is 869. The molecular formula is C16H12FN3O3S. The zero-order valence-electron chi connectivity index (χ0n) is 12.3. The molecule has 2 N–H and O–H groups in total. The van der Waals surface area contributed by atoms with Crippen LogP contribution >= 0.6 is 11.8 Å². The molecule has 3 rings (SSSR count). The van der Waals surface area contributed by atoms with Gasteiger partial charge in [0.15, 0.2) is 0 Å². The topological polar surface area (TPSA) is 88.2 Å². The highest BCUT2D eigenvalue weighted by Gasteiger charge is 2.14. The first-order valence-electron chi connectivity index (χ1n) is 6.92. The SMILES string of the molecule is O=C(CSc1nnc(-c2ccccc2F)o1)Nc1ccccc1O. The van der Waals surface area contributed by atoms with Gasteiger partial charge in [-0.25, -0.2) is 4.39 Å². The highest BCUT2D eigenvalue weighted by Crippen LogP contribution is 2.26. The molecule has 2 aromatic carbocycles. The second-order valence-corrected chi connectivity index (χ2v) is 5.63. The molecule has 0 saturated heterocycles. The summed E-state index contributed by atoms with van der Waals surface area (Å²) in [5.41, 5.74) is 0.524. The molecule has 0 atom stereocenters. The maximum atomic E-state index is 13.7. The first-order chi connectivity index (χ1) is 11.6. The third-order valence-electron chi connectivity index (χ3n) is 3.02. The number of thioether (sulfide) groups is 1. The monoisotopic (exact) mass is 345 g/mol. The van der Waals surface area contributed by atoms with Gasteiger partial charge in [-0.2, -0.15) is 0 Å². The molecule has 122 valence electrons. The van der Waals surface area contributed by atoms with Crippen molar-refractivity contribution >= 4 is 23.4 Å². The minimum Gasteiger partial charge on any atom is -0.506 e. The van der Waals surface area contributed by atoms with Gasteiger partial charge in [0, 0.05) is 0 Å². The number of halogens is 1. The number of amides is 1. The number of hydrogen-bond acceptors (Lipinski definition) is 6. The number of aromatic hydroxyl groups is 1. The average Bonchev–Trinajstić information content (AvgIpc) is 3.04. The lowest BCUT2D eigenvalue weighted by Crippen LogP contribution is -2.14. The van der Waals surface area contributed by atoms with E-state index in [2.05, 4.69) is 15.5 Å². The van der Waals surface area contributed by atoms with Crippen LogP contribution in [0.15, 0.2) is 58.2 Å². The number of nitrogens with zero attached hydrogens (tertiary/aromatic N) is 2. The molecule has 24 heavy (non-hydrogen) atoms. The molecule has 0 aliphatic rings. The molecule has 0 radical (unpaired) electrons. The van der Waals surface area contributed by atoms with Crippen LogP contribution in [0, 0.1) is 5.82 Å². The number of aromatic nitrogens is 2. The summed E-state index contributed by atoms with van der Waals surface area (Å²) in [7, 11) is 0. The molecule has 0 saturated carbocycles. The molecule has 8 heteroatoms. The Morgan fingerprint density at radius 1 is 1.17 bits per heavy atom. The fraction of sp³-hybridized carbons (Fsp3) is 0.0625. The summed E-state index contributed by atoms with van der Waals surface area (Å²) in [6.45, 7) is 0. The van der Waals surface area contributed by atoms with Crippen molar-refractivity contribution in [2.45, 2.75) is 5.22 Å². The second-order valence-electron chi connectivity index (χ2n) is 4.71. The highest BCUT2D eigenvalue weighted by atomic mass is 32.2. The molecule has 0 spiro atoms. The smallest absolute Gasteiger partial charge is 0.277 e. The first kappa shape index (κ1) is 16.0. The predicted molar refractivity (Wildman–Crippen MR) is 87.2 cm³/mol. The van der Waals surface area contributed by atoms with Crippen LogP contribution in [-0.4, -0.2) is 27.0 Å². The van der Waals surface area contributed by atoms with Crippen molar-refractivity contribution < 1.29 is 18.7 Å². The number of nitrogens with one attached hydrogen (secondary N) is 1. The molecule has 1 heterocycles. The quantitative estimate of drug-likeness (QED) is 0.545. The van der Waals surface area contributed by atoms with Gasteiger partial charge in [0.2, 0.25) is 5.91 Å². The highest BCUT2D eigenvalue weighted by molar-refractivity contribution is 7.99. The van der Waals surface area contributed by atoms with E-state index in [1.54, 1.807) is 30.3 Å². The summed E-state index contributed by atoms with van der Waals surface area (Å²) in [6.07, 6.45) is 0. The fourth-order valence-electron chi connectivity index (χ4n) is 1.90. The lowest BCUT2D eigenvalue weighted by molar-refractivity contribution is -0.113. The van der Waals surface area contributed by atoms with E-state index in [9.17, 15) is 14.3 Å². The van der Waals surface area contributed by atoms with E-state index in [0.29, 0.717) is 5.69 Å². The summed E-state index contributed by atoms with van der Waals surface area (Å²) in [4.78, 5) is 11.9. The van der Waals surface area contributed by atoms with E-state index < -0.39 is 5.82 Å². The number of benzene rings is 2. The van der Waals surface area contributed by atoms with Crippen LogP contribution in [0.3, 0.4) is 0 Å². The third kappa shape index (κ3) is 3.72. The molecular weight excluding hydrogens is 333 g/mol. The fourth-order valence-corrected chi connectivity index (χ4v) is 2.47. The Labute approximate surface area is 140 Å². The Kier molecular flexibility index (Phi) is 4.76. The van der Waals surface area contributed by atoms with E-state index in [1.807, 2.05) is 0 Å². The third-order valence-corrected chi connectivity index (χ3v) is 3.83. The van der Waals surface area contributed by atoms with Gasteiger partial charge in [-0.15, -0.1) is 10.2 Å². The van der Waals surface area contributed by atoms with E-state index >= 15 is 0 Å². The standard InChI is InChI=1S/C16H12FN3O3S/c17-11-6-2-1-5-10(11)15-19-20-16(23-15)24-9-14(22)18-12-7-3-4-8-13(12)21/h1-8,21H,9H2,(H,18,22). The Morgan fingerprint density at radius 2 is 1.92 bits per heavy atom. The molecule has 0 aliphatic heterocycles. The van der Waals surface area contributed by atoms with E-state index in [4.69, 9.17) is 4.42 Å². The van der Waals surface area contributed by atoms with Crippen LogP contribution in [-0.2, 0) is 4.79 Å². The minimum absolute atomic E-state index is 0.00718. The summed E-state index contributed by atoms with van der Waals surface area (Å²) >= 11 is 1.02. The van der Waals surface area contributed by atoms with Crippen LogP contribution < -0.4 is 5.32 Å². The Balaban J connectivity index is 1.61. The van der Waals surface area contributed by atoms with Crippen molar-refractivity contribution in [1.82, 2.24) is 10.2 Å². The van der Waals surface area contributed by atoms with Crippen LogP contribution in [0.5, 0.6) is 5.75 Å². The molecule has 6 nitrogen and oxygen atoms in total. The Morgan fingerprint density at radius 3 is 2.71 bits per heavy atom. The van der Waals surface area contributed by atoms with Crippen molar-refractivity contribution in [2.75, 3.05) is 11.1 Å². The number of para-hydroxylation sites is 2. The van der Waals surface area contributed by atoms with Gasteiger partial charge in [-0.1, -0.05) is 36.0 Å². The second kappa shape index (κ2) is 7.14. The normalized spacial score (nSPS) is 10.5. The maximum absolute atomic E-state index is 13.7. The largest absolute Gasteiger partial charge is 0.506 e. The molecule has 0 fully saturated rings. The summed E-state index contributed by atoms with van der Waals surface area (Å²) in [6, 6.07) is 12.5. The summed E-state index contributed by atoms with van der Waals surface area (Å²) in [5.74, 6) is -0.762. The van der Waals surface area contributed by atoms with Gasteiger partial charge < -0.3 is 14.8 Å². The van der Waals surface area contributed by atoms with Gasteiger partial charge in [0.05, 0.1) is 17.0 Å². The molecule has 1 aromatic heterocycles. The lowest BCUT2D eigenvalue weighted by Gasteiger charge is -2.05. The van der Waals surface area contributed by atoms with Crippen molar-refractivity contribution in [1.29, 1.82) is 0 Å². The number of hydrogen-bond donors (Lipinski definition) is 2. The van der Waals surface area contributed by atoms with E-state index in [1.165, 1.54) is 18.2 Å². The van der Waals surface area contributed by atoms with Crippen molar-refractivity contribution in [2.24, 2.45) is 0 Å². The number of phenolic OH excluding ortho intramolecular Hbond substituents is 1. The number of anilines is 1. The predicted octanol–water partition coefficient (Wildman–Crippen LogP) is 3.31. The van der Waals surface area contributed by atoms with Crippen LogP contribution in [0.25, 0.3) is 11.5 Å². The number of rotatable bonds is 5. The van der Waals surface area contributed by atoms with Gasteiger partial charge in [-0.05, 0) is 24.3 Å². The molecule has 0 bridgehead atoms. The van der Waals surface area contributed by atoms with Gasteiger partial charge >= 0.3 is 0 Å². The summed E-state index contributed by atoms with van der Waals surface area (Å²) in [5, 5.41) is 19.9. The molecule has 0 aliphatic carbocycles. The van der Waals surface area contributed by atoms with Crippen LogP contribution in [0.2, 0.25) is 0 Å². The van der Waals surface area contributed by atoms with Crippen LogP contribution in [0.1, 0.15) is 0 Å². The number of phenols is 1. The zero-order valence-corrected chi connectivity index (χ0v) is 13.1. The number of carbonyl (C=O) groups is 1. The van der Waals surface area contributed by atoms with E-state index in [0.717, 1.165) is 11.8 Å². The first-order valence-corrected chi connectivity index (χ1v) is 7.91. The van der Waals surface area contributed by atoms with Gasteiger partial charge in [-0.3, -0.25) is 4.79 Å². The molecule has 1 amide bonds. The lowest BCUT2D eigenvalue weighted by atomic mass is 10.2. The van der Waals surface area contributed by atoms with Crippen molar-refractivity contribution in [3.8, 4) is 17.2 Å². The zero-order chi connectivity index (χ0) is 16.9. The molecule has 0 unspecified atom stereocenters. The van der Waals surface area contributed by atoms with Crippen molar-refractivity contribution in [3.63, 3.8) is 0 Å².